The lowest BCUT2D eigenvalue weighted by Gasteiger charge is -2.36. The van der Waals surface area contributed by atoms with Gasteiger partial charge in [0.2, 0.25) is 0 Å². The molecule has 0 bridgehead atoms. The minimum atomic E-state index is -0.863. The van der Waals surface area contributed by atoms with Crippen LogP contribution in [-0.2, 0) is 19.8 Å². The molecule has 1 aromatic carbocycles. The number of nitrogens with one attached hydrogen (secondary N) is 1. The molecule has 4 heteroatoms. The van der Waals surface area contributed by atoms with Crippen molar-refractivity contribution in [2.24, 2.45) is 0 Å². The van der Waals surface area contributed by atoms with E-state index in [1.165, 1.54) is 7.11 Å². The van der Waals surface area contributed by atoms with Gasteiger partial charge < -0.3 is 9.47 Å². The molecule has 17 heavy (non-hydrogen) atoms. The lowest BCUT2D eigenvalue weighted by atomic mass is 9.86. The molecule has 1 saturated heterocycles. The monoisotopic (exact) mass is 235 g/mol. The number of benzene rings is 1. The summed E-state index contributed by atoms with van der Waals surface area (Å²) in [5, 5.41) is 3.24. The van der Waals surface area contributed by atoms with E-state index in [2.05, 4.69) is 5.32 Å². The van der Waals surface area contributed by atoms with E-state index in [1.54, 1.807) is 0 Å². The van der Waals surface area contributed by atoms with Gasteiger partial charge >= 0.3 is 5.97 Å². The van der Waals surface area contributed by atoms with Crippen LogP contribution in [0.25, 0.3) is 0 Å². The van der Waals surface area contributed by atoms with E-state index in [9.17, 15) is 4.79 Å². The van der Waals surface area contributed by atoms with Gasteiger partial charge in [0.1, 0.15) is 0 Å². The zero-order chi connectivity index (χ0) is 12.3. The molecule has 2 rings (SSSR count). The molecule has 0 aliphatic carbocycles. The fraction of sp³-hybridized carbons (Fsp3) is 0.462. The number of methoxy groups -OCH3 is 1. The molecule has 4 nitrogen and oxygen atoms in total. The highest BCUT2D eigenvalue weighted by molar-refractivity contribution is 5.83. The quantitative estimate of drug-likeness (QED) is 0.776. The second kappa shape index (κ2) is 4.85. The van der Waals surface area contributed by atoms with E-state index in [0.717, 1.165) is 11.1 Å². The fourth-order valence-electron chi connectivity index (χ4n) is 2.25. The molecular weight excluding hydrogens is 218 g/mol. The van der Waals surface area contributed by atoms with Gasteiger partial charge in [-0.3, -0.25) is 5.32 Å². The maximum absolute atomic E-state index is 12.1. The lowest BCUT2D eigenvalue weighted by molar-refractivity contribution is -0.154. The van der Waals surface area contributed by atoms with Gasteiger partial charge in [-0.1, -0.05) is 24.3 Å². The second-order valence-corrected chi connectivity index (χ2v) is 4.19. The van der Waals surface area contributed by atoms with Crippen LogP contribution in [0, 0.1) is 6.92 Å². The average Bonchev–Trinajstić information content (AvgIpc) is 2.39. The Morgan fingerprint density at radius 2 is 2.24 bits per heavy atom. The molecule has 1 N–H and O–H groups in total. The normalized spacial score (nSPS) is 24.4. The zero-order valence-electron chi connectivity index (χ0n) is 10.2. The summed E-state index contributed by atoms with van der Waals surface area (Å²) < 4.78 is 10.4. The molecule has 1 aliphatic rings. The molecule has 1 unspecified atom stereocenters. The number of ether oxygens (including phenoxy) is 2. The van der Waals surface area contributed by atoms with Crippen molar-refractivity contribution in [1.82, 2.24) is 5.32 Å². The summed E-state index contributed by atoms with van der Waals surface area (Å²) in [6, 6.07) is 7.79. The van der Waals surface area contributed by atoms with Crippen LogP contribution < -0.4 is 5.32 Å². The molecule has 92 valence electrons. The maximum atomic E-state index is 12.1. The van der Waals surface area contributed by atoms with E-state index in [0.29, 0.717) is 19.8 Å². The standard InChI is InChI=1S/C13H17NO3/c1-10-5-3-4-6-11(10)13(12(15)16-2)9-17-8-7-14-13/h3-6,14H,7-9H2,1-2H3. The van der Waals surface area contributed by atoms with Gasteiger partial charge in [0, 0.05) is 6.54 Å². The number of aryl methyl sites for hydroxylation is 1. The van der Waals surface area contributed by atoms with Crippen LogP contribution in [0.4, 0.5) is 0 Å². The van der Waals surface area contributed by atoms with Gasteiger partial charge in [-0.25, -0.2) is 4.79 Å². The van der Waals surface area contributed by atoms with Crippen molar-refractivity contribution >= 4 is 5.97 Å². The highest BCUT2D eigenvalue weighted by Gasteiger charge is 2.44. The minimum Gasteiger partial charge on any atom is -0.467 e. The molecule has 1 atom stereocenters. The summed E-state index contributed by atoms with van der Waals surface area (Å²) in [7, 11) is 1.40. The smallest absolute Gasteiger partial charge is 0.333 e. The van der Waals surface area contributed by atoms with Crippen LogP contribution in [0.5, 0.6) is 0 Å². The average molecular weight is 235 g/mol. The Bertz CT molecular complexity index is 411. The van der Waals surface area contributed by atoms with Crippen molar-refractivity contribution in [3.8, 4) is 0 Å². The van der Waals surface area contributed by atoms with E-state index >= 15 is 0 Å². The van der Waals surface area contributed by atoms with Gasteiger partial charge in [-0.2, -0.15) is 0 Å². The van der Waals surface area contributed by atoms with Gasteiger partial charge in [0.15, 0.2) is 5.54 Å². The molecule has 0 saturated carbocycles. The van der Waals surface area contributed by atoms with Gasteiger partial charge in [-0.05, 0) is 18.1 Å². The molecule has 0 spiro atoms. The third-order valence-electron chi connectivity index (χ3n) is 3.13. The Hall–Kier alpha value is -1.39. The first-order valence-electron chi connectivity index (χ1n) is 5.68. The zero-order valence-corrected chi connectivity index (χ0v) is 10.2. The number of hydrogen-bond acceptors (Lipinski definition) is 4. The molecule has 0 amide bonds. The summed E-state index contributed by atoms with van der Waals surface area (Å²) in [5.41, 5.74) is 1.11. The van der Waals surface area contributed by atoms with Crippen LogP contribution in [0.1, 0.15) is 11.1 Å². The van der Waals surface area contributed by atoms with E-state index in [1.807, 2.05) is 31.2 Å². The number of carbonyl (C=O) groups excluding carboxylic acids is 1. The van der Waals surface area contributed by atoms with E-state index < -0.39 is 5.54 Å². The van der Waals surface area contributed by atoms with Crippen LogP contribution in [0.3, 0.4) is 0 Å². The van der Waals surface area contributed by atoms with E-state index in [-0.39, 0.29) is 5.97 Å². The molecule has 1 heterocycles. The Labute approximate surface area is 101 Å². The predicted molar refractivity (Wildman–Crippen MR) is 63.7 cm³/mol. The Balaban J connectivity index is 2.46. The van der Waals surface area contributed by atoms with Crippen LogP contribution in [0.2, 0.25) is 0 Å². The Morgan fingerprint density at radius 1 is 1.47 bits per heavy atom. The predicted octanol–water partition coefficient (Wildman–Crippen LogP) is 0.983. The van der Waals surface area contributed by atoms with Gasteiger partial charge in [-0.15, -0.1) is 0 Å². The molecule has 1 aliphatic heterocycles. The fourth-order valence-corrected chi connectivity index (χ4v) is 2.25. The highest BCUT2D eigenvalue weighted by Crippen LogP contribution is 2.28. The van der Waals surface area contributed by atoms with Crippen LogP contribution >= 0.6 is 0 Å². The SMILES string of the molecule is COC(=O)C1(c2ccccc2C)COCCN1. The van der Waals surface area contributed by atoms with Gasteiger partial charge in [0.25, 0.3) is 0 Å². The number of esters is 1. The largest absolute Gasteiger partial charge is 0.467 e. The summed E-state index contributed by atoms with van der Waals surface area (Å²) >= 11 is 0. The second-order valence-electron chi connectivity index (χ2n) is 4.19. The van der Waals surface area contributed by atoms with Crippen molar-refractivity contribution < 1.29 is 14.3 Å². The van der Waals surface area contributed by atoms with Crippen molar-refractivity contribution in [3.05, 3.63) is 35.4 Å². The summed E-state index contributed by atoms with van der Waals surface area (Å²) in [5.74, 6) is -0.300. The molecule has 0 aromatic heterocycles. The molecule has 1 aromatic rings. The summed E-state index contributed by atoms with van der Waals surface area (Å²) in [6.45, 7) is 3.55. The minimum absolute atomic E-state index is 0.300. The third-order valence-corrected chi connectivity index (χ3v) is 3.13. The van der Waals surface area contributed by atoms with Crippen molar-refractivity contribution in [1.29, 1.82) is 0 Å². The summed E-state index contributed by atoms with van der Waals surface area (Å²) in [6.07, 6.45) is 0. The maximum Gasteiger partial charge on any atom is 0.333 e. The number of rotatable bonds is 2. The number of carbonyl (C=O) groups is 1. The molecule has 1 fully saturated rings. The van der Waals surface area contributed by atoms with Crippen LogP contribution in [-0.4, -0.2) is 32.8 Å². The van der Waals surface area contributed by atoms with Crippen molar-refractivity contribution in [2.45, 2.75) is 12.5 Å². The Kier molecular flexibility index (Phi) is 3.45. The highest BCUT2D eigenvalue weighted by atomic mass is 16.5. The Morgan fingerprint density at radius 3 is 2.82 bits per heavy atom. The topological polar surface area (TPSA) is 47.6 Å². The first kappa shape index (κ1) is 12.1. The number of morpholine rings is 1. The first-order chi connectivity index (χ1) is 8.20. The molecule has 0 radical (unpaired) electrons. The third kappa shape index (κ3) is 2.06. The van der Waals surface area contributed by atoms with Crippen LogP contribution in [0.15, 0.2) is 24.3 Å². The van der Waals surface area contributed by atoms with E-state index in [4.69, 9.17) is 9.47 Å². The molecular formula is C13H17NO3. The van der Waals surface area contributed by atoms with Crippen molar-refractivity contribution in [3.63, 3.8) is 0 Å². The summed E-state index contributed by atoms with van der Waals surface area (Å²) in [4.78, 5) is 12.1. The van der Waals surface area contributed by atoms with Crippen molar-refractivity contribution in [2.75, 3.05) is 26.9 Å². The van der Waals surface area contributed by atoms with Gasteiger partial charge in [0.05, 0.1) is 20.3 Å². The first-order valence-corrected chi connectivity index (χ1v) is 5.68. The lowest BCUT2D eigenvalue weighted by Crippen LogP contribution is -2.57. The number of hydrogen-bond donors (Lipinski definition) is 1.